The highest BCUT2D eigenvalue weighted by molar-refractivity contribution is 5.94. The van der Waals surface area contributed by atoms with Crippen LogP contribution in [-0.2, 0) is 19.1 Å². The van der Waals surface area contributed by atoms with Crippen LogP contribution < -0.4 is 4.65 Å². The standard InChI is InChI=1S/C30H33NO5/c1-20-18-24(31(34,22-12-8-6-9-13-22)23-14-10-7-11-15-23)19-21(2)25(20)35-27(33)30-17-16-29(5,26(32)36-30)28(30,3)4/h6-15,18,24H,16-17,19H2,1-5H3. The zero-order valence-corrected chi connectivity index (χ0v) is 21.5. The molecule has 0 radical (unpaired) electrons. The number of benzene rings is 2. The molecule has 1 saturated carbocycles. The molecule has 188 valence electrons. The molecule has 1 saturated heterocycles. The van der Waals surface area contributed by atoms with Crippen molar-refractivity contribution in [3.05, 3.63) is 88.9 Å². The van der Waals surface area contributed by atoms with Gasteiger partial charge in [0.05, 0.1) is 5.41 Å². The summed E-state index contributed by atoms with van der Waals surface area (Å²) < 4.78 is 11.1. The Morgan fingerprint density at radius 2 is 1.53 bits per heavy atom. The number of carbonyl (C=O) groups is 2. The highest BCUT2D eigenvalue weighted by Gasteiger charge is 2.76. The molecule has 1 aliphatic heterocycles. The van der Waals surface area contributed by atoms with Gasteiger partial charge in [-0.3, -0.25) is 9.44 Å². The number of hydrogen-bond donors (Lipinski definition) is 0. The fourth-order valence-corrected chi connectivity index (χ4v) is 6.28. The molecular weight excluding hydrogens is 454 g/mol. The minimum absolute atomic E-state index is 0.337. The van der Waals surface area contributed by atoms with Gasteiger partial charge >= 0.3 is 11.9 Å². The van der Waals surface area contributed by atoms with Crippen molar-refractivity contribution in [3.63, 3.8) is 0 Å². The summed E-state index contributed by atoms with van der Waals surface area (Å²) >= 11 is 0. The number of quaternary nitrogens is 1. The van der Waals surface area contributed by atoms with Crippen molar-refractivity contribution in [1.29, 1.82) is 0 Å². The van der Waals surface area contributed by atoms with Crippen molar-refractivity contribution < 1.29 is 19.1 Å². The Bertz CT molecular complexity index is 1240. The monoisotopic (exact) mass is 487 g/mol. The molecule has 0 aromatic heterocycles. The van der Waals surface area contributed by atoms with Crippen LogP contribution in [0.4, 0.5) is 11.4 Å². The van der Waals surface area contributed by atoms with Gasteiger partial charge in [-0.15, -0.1) is 0 Å². The van der Waals surface area contributed by atoms with E-state index >= 15 is 0 Å². The van der Waals surface area contributed by atoms with Crippen LogP contribution in [0.2, 0.25) is 0 Å². The summed E-state index contributed by atoms with van der Waals surface area (Å²) in [6.45, 7) is 9.46. The first-order valence-electron chi connectivity index (χ1n) is 12.5. The van der Waals surface area contributed by atoms with Gasteiger partial charge < -0.3 is 14.7 Å². The summed E-state index contributed by atoms with van der Waals surface area (Å²) in [6, 6.07) is 18.3. The van der Waals surface area contributed by atoms with Crippen LogP contribution >= 0.6 is 0 Å². The first kappa shape index (κ1) is 24.5. The number of hydrogen-bond acceptors (Lipinski definition) is 5. The van der Waals surface area contributed by atoms with Crippen LogP contribution in [-0.4, -0.2) is 23.6 Å². The molecule has 0 amide bonds. The third-order valence-electron chi connectivity index (χ3n) is 9.06. The van der Waals surface area contributed by atoms with E-state index in [9.17, 15) is 14.8 Å². The summed E-state index contributed by atoms with van der Waals surface area (Å²) in [7, 11) is 0. The molecule has 2 fully saturated rings. The van der Waals surface area contributed by atoms with Crippen molar-refractivity contribution >= 4 is 23.3 Å². The molecule has 2 aliphatic carbocycles. The number of para-hydroxylation sites is 2. The Kier molecular flexibility index (Phi) is 5.54. The highest BCUT2D eigenvalue weighted by atomic mass is 16.6. The second-order valence-electron chi connectivity index (χ2n) is 11.1. The largest absolute Gasteiger partial charge is 0.621 e. The smallest absolute Gasteiger partial charge is 0.356 e. The van der Waals surface area contributed by atoms with Gasteiger partial charge in [0.1, 0.15) is 23.2 Å². The minimum atomic E-state index is -1.30. The van der Waals surface area contributed by atoms with Crippen LogP contribution in [0, 0.1) is 16.0 Å². The van der Waals surface area contributed by atoms with Gasteiger partial charge in [0.2, 0.25) is 5.60 Å². The van der Waals surface area contributed by atoms with E-state index in [4.69, 9.17) is 9.47 Å². The number of hydroxylamine groups is 1. The maximum atomic E-state index is 14.7. The second-order valence-corrected chi connectivity index (χ2v) is 11.1. The Morgan fingerprint density at radius 3 is 1.97 bits per heavy atom. The van der Waals surface area contributed by atoms with Gasteiger partial charge in [-0.1, -0.05) is 50.2 Å². The van der Waals surface area contributed by atoms with Gasteiger partial charge in [0.15, 0.2) is 0 Å². The number of carbonyl (C=O) groups excluding carboxylic acids is 2. The van der Waals surface area contributed by atoms with Crippen molar-refractivity contribution in [2.45, 2.75) is 65.5 Å². The number of nitrogens with zero attached hydrogens (tertiary/aromatic N) is 1. The maximum Gasteiger partial charge on any atom is 0.356 e. The van der Waals surface area contributed by atoms with Crippen molar-refractivity contribution in [2.24, 2.45) is 10.8 Å². The Labute approximate surface area is 212 Å². The fourth-order valence-electron chi connectivity index (χ4n) is 6.28. The molecular formula is C30H33NO5. The normalized spacial score (nSPS) is 29.1. The van der Waals surface area contributed by atoms with Gasteiger partial charge in [-0.05, 0) is 75.1 Å². The van der Waals surface area contributed by atoms with Crippen LogP contribution in [0.15, 0.2) is 83.6 Å². The summed E-state index contributed by atoms with van der Waals surface area (Å²) in [6.07, 6.45) is 3.36. The zero-order valence-electron chi connectivity index (χ0n) is 21.5. The average Bonchev–Trinajstić information content (AvgIpc) is 3.17. The fraction of sp³-hybridized carbons (Fsp3) is 0.400. The molecule has 2 aromatic rings. The lowest BCUT2D eigenvalue weighted by molar-refractivity contribution is -0.180. The summed E-state index contributed by atoms with van der Waals surface area (Å²) in [5.74, 6) is -0.404. The third kappa shape index (κ3) is 3.17. The van der Waals surface area contributed by atoms with Crippen LogP contribution in [0.5, 0.6) is 0 Å². The van der Waals surface area contributed by atoms with Crippen LogP contribution in [0.25, 0.3) is 0 Å². The van der Waals surface area contributed by atoms with Crippen molar-refractivity contribution in [2.75, 3.05) is 0 Å². The molecule has 0 N–H and O–H groups in total. The van der Waals surface area contributed by atoms with E-state index < -0.39 is 33.1 Å². The molecule has 1 heterocycles. The molecule has 36 heavy (non-hydrogen) atoms. The number of fused-ring (bicyclic) bond motifs is 2. The number of esters is 2. The lowest BCUT2D eigenvalue weighted by atomic mass is 9.66. The van der Waals surface area contributed by atoms with E-state index in [1.165, 1.54) is 0 Å². The number of rotatable bonds is 5. The quantitative estimate of drug-likeness (QED) is 0.274. The van der Waals surface area contributed by atoms with E-state index in [1.54, 1.807) is 0 Å². The van der Waals surface area contributed by atoms with Gasteiger partial charge in [-0.25, -0.2) is 4.79 Å². The zero-order chi connectivity index (χ0) is 25.9. The first-order valence-corrected chi connectivity index (χ1v) is 12.5. The molecule has 3 aliphatic rings. The molecule has 6 nitrogen and oxygen atoms in total. The minimum Gasteiger partial charge on any atom is -0.621 e. The molecule has 2 aromatic carbocycles. The molecule has 0 spiro atoms. The van der Waals surface area contributed by atoms with Gasteiger partial charge in [0, 0.05) is 11.8 Å². The number of allylic oxidation sites excluding steroid dienone is 1. The molecule has 5 rings (SSSR count). The van der Waals surface area contributed by atoms with E-state index in [1.807, 2.05) is 101 Å². The van der Waals surface area contributed by atoms with E-state index in [-0.39, 0.29) is 5.97 Å². The van der Waals surface area contributed by atoms with Crippen LogP contribution in [0.1, 0.15) is 53.9 Å². The summed E-state index contributed by atoms with van der Waals surface area (Å²) in [5.41, 5.74) is 0.126. The average molecular weight is 488 g/mol. The molecule has 3 atom stereocenters. The highest BCUT2D eigenvalue weighted by Crippen LogP contribution is 2.66. The first-order chi connectivity index (χ1) is 17.0. The van der Waals surface area contributed by atoms with Gasteiger partial charge in [0.25, 0.3) is 0 Å². The van der Waals surface area contributed by atoms with Crippen molar-refractivity contribution in [3.8, 4) is 0 Å². The topological polar surface area (TPSA) is 75.7 Å². The predicted molar refractivity (Wildman–Crippen MR) is 139 cm³/mol. The summed E-state index contributed by atoms with van der Waals surface area (Å²) in [5, 5.41) is 14.7. The molecule has 2 bridgehead atoms. The second kappa shape index (κ2) is 8.15. The SMILES string of the molecule is CC1=CC([N+]([O-])(c2ccccc2)c2ccccc2)CC(C)=C1OC(=O)C12CCC(C)(C(=O)O1)C2(C)C. The number of ether oxygens (including phenoxy) is 2. The Morgan fingerprint density at radius 1 is 0.972 bits per heavy atom. The Balaban J connectivity index is 1.47. The van der Waals surface area contributed by atoms with E-state index in [0.717, 1.165) is 11.1 Å². The molecule has 3 unspecified atom stereocenters. The maximum absolute atomic E-state index is 14.7. The third-order valence-corrected chi connectivity index (χ3v) is 9.06. The van der Waals surface area contributed by atoms with E-state index in [2.05, 4.69) is 0 Å². The molecule has 6 heteroatoms. The lowest BCUT2D eigenvalue weighted by Gasteiger charge is -2.48. The van der Waals surface area contributed by atoms with Crippen LogP contribution in [0.3, 0.4) is 0 Å². The van der Waals surface area contributed by atoms with Crippen molar-refractivity contribution in [1.82, 2.24) is 4.65 Å². The predicted octanol–water partition coefficient (Wildman–Crippen LogP) is 6.48. The Hall–Kier alpha value is -3.22. The lowest BCUT2D eigenvalue weighted by Crippen LogP contribution is -2.49. The summed E-state index contributed by atoms with van der Waals surface area (Å²) in [4.78, 5) is 26.2. The van der Waals surface area contributed by atoms with E-state index in [0.29, 0.717) is 36.4 Å². The van der Waals surface area contributed by atoms with Gasteiger partial charge in [-0.2, -0.15) is 0 Å².